The zero-order valence-electron chi connectivity index (χ0n) is 11.2. The van der Waals surface area contributed by atoms with E-state index in [0.29, 0.717) is 11.5 Å². The van der Waals surface area contributed by atoms with E-state index in [0.717, 1.165) is 30.9 Å². The van der Waals surface area contributed by atoms with Crippen molar-refractivity contribution in [2.24, 2.45) is 11.7 Å². The van der Waals surface area contributed by atoms with Crippen LogP contribution in [0.3, 0.4) is 0 Å². The van der Waals surface area contributed by atoms with E-state index in [1.54, 1.807) is 11.3 Å². The summed E-state index contributed by atoms with van der Waals surface area (Å²) in [5.41, 5.74) is 5.85. The van der Waals surface area contributed by atoms with Gasteiger partial charge < -0.3 is 15.6 Å². The van der Waals surface area contributed by atoms with Gasteiger partial charge in [0.15, 0.2) is 0 Å². The van der Waals surface area contributed by atoms with Gasteiger partial charge in [0.1, 0.15) is 5.82 Å². The average Bonchev–Trinajstić information content (AvgIpc) is 3.06. The SMILES string of the molecule is NC(=O)c1csc(CNC[C@@H]2CCc3nccn3C2)c1. The number of rotatable bonds is 5. The summed E-state index contributed by atoms with van der Waals surface area (Å²) in [7, 11) is 0. The van der Waals surface area contributed by atoms with E-state index in [-0.39, 0.29) is 5.91 Å². The van der Waals surface area contributed by atoms with Crippen molar-refractivity contribution in [2.75, 3.05) is 6.54 Å². The number of amides is 1. The lowest BCUT2D eigenvalue weighted by atomic mass is 9.99. The van der Waals surface area contributed by atoms with E-state index in [4.69, 9.17) is 5.73 Å². The van der Waals surface area contributed by atoms with E-state index in [2.05, 4.69) is 21.1 Å². The van der Waals surface area contributed by atoms with Crippen molar-refractivity contribution in [1.82, 2.24) is 14.9 Å². The molecule has 0 radical (unpaired) electrons. The van der Waals surface area contributed by atoms with Gasteiger partial charge in [0.05, 0.1) is 5.56 Å². The van der Waals surface area contributed by atoms with Crippen LogP contribution in [0.4, 0.5) is 0 Å². The van der Waals surface area contributed by atoms with Gasteiger partial charge in [-0.25, -0.2) is 4.98 Å². The summed E-state index contributed by atoms with van der Waals surface area (Å²) in [6.45, 7) is 2.83. The molecule has 3 N–H and O–H groups in total. The molecule has 0 fully saturated rings. The molecular formula is C14H18N4OS. The van der Waals surface area contributed by atoms with E-state index in [9.17, 15) is 4.79 Å². The molecule has 20 heavy (non-hydrogen) atoms. The standard InChI is InChI=1S/C14H18N4OS/c15-14(19)11-5-12(20-9-11)7-16-6-10-1-2-13-17-3-4-18(13)8-10/h3-5,9-10,16H,1-2,6-8H2,(H2,15,19)/t10-/m0/s1. The number of primary amides is 1. The van der Waals surface area contributed by atoms with Crippen LogP contribution in [0.2, 0.25) is 0 Å². The summed E-state index contributed by atoms with van der Waals surface area (Å²) in [4.78, 5) is 16.5. The third-order valence-corrected chi connectivity index (χ3v) is 4.64. The molecule has 1 aliphatic heterocycles. The molecule has 1 atom stereocenters. The van der Waals surface area contributed by atoms with Crippen molar-refractivity contribution in [3.8, 4) is 0 Å². The molecule has 0 saturated carbocycles. The Bertz CT molecular complexity index is 604. The summed E-state index contributed by atoms with van der Waals surface area (Å²) in [5, 5.41) is 5.29. The third kappa shape index (κ3) is 2.91. The van der Waals surface area contributed by atoms with Crippen LogP contribution in [0, 0.1) is 5.92 Å². The Balaban J connectivity index is 1.47. The number of aryl methyl sites for hydroxylation is 1. The predicted octanol–water partition coefficient (Wildman–Crippen LogP) is 1.40. The largest absolute Gasteiger partial charge is 0.366 e. The van der Waals surface area contributed by atoms with Crippen LogP contribution in [0.1, 0.15) is 27.5 Å². The number of carbonyl (C=O) groups excluding carboxylic acids is 1. The van der Waals surface area contributed by atoms with Crippen LogP contribution in [0.15, 0.2) is 23.8 Å². The molecule has 6 heteroatoms. The predicted molar refractivity (Wildman–Crippen MR) is 78.6 cm³/mol. The van der Waals surface area contributed by atoms with E-state index in [1.165, 1.54) is 12.2 Å². The minimum absolute atomic E-state index is 0.354. The first-order chi connectivity index (χ1) is 9.72. The summed E-state index contributed by atoms with van der Waals surface area (Å²) in [6, 6.07) is 1.87. The highest BCUT2D eigenvalue weighted by molar-refractivity contribution is 7.10. The van der Waals surface area contributed by atoms with Crippen LogP contribution in [-0.2, 0) is 19.5 Å². The zero-order chi connectivity index (χ0) is 13.9. The Morgan fingerprint density at radius 1 is 1.60 bits per heavy atom. The first-order valence-electron chi connectivity index (χ1n) is 6.80. The van der Waals surface area contributed by atoms with Gasteiger partial charge >= 0.3 is 0 Å². The molecule has 1 aliphatic rings. The van der Waals surface area contributed by atoms with Gasteiger partial charge in [0.25, 0.3) is 0 Å². The molecule has 5 nitrogen and oxygen atoms in total. The Morgan fingerprint density at radius 3 is 3.30 bits per heavy atom. The Kier molecular flexibility index (Phi) is 3.84. The molecule has 3 heterocycles. The Hall–Kier alpha value is -1.66. The minimum atomic E-state index is -0.354. The lowest BCUT2D eigenvalue weighted by molar-refractivity contribution is 0.100. The maximum absolute atomic E-state index is 11.0. The fourth-order valence-electron chi connectivity index (χ4n) is 2.61. The number of nitrogens with two attached hydrogens (primary N) is 1. The summed E-state index contributed by atoms with van der Waals surface area (Å²) < 4.78 is 2.24. The van der Waals surface area contributed by atoms with Gasteiger partial charge in [0, 0.05) is 48.7 Å². The molecule has 0 bridgehead atoms. The van der Waals surface area contributed by atoms with Gasteiger partial charge in [0.2, 0.25) is 5.91 Å². The number of nitrogens with one attached hydrogen (secondary N) is 1. The molecule has 1 amide bonds. The number of carbonyl (C=O) groups is 1. The Morgan fingerprint density at radius 2 is 2.50 bits per heavy atom. The van der Waals surface area contributed by atoms with Crippen molar-refractivity contribution in [3.63, 3.8) is 0 Å². The fourth-order valence-corrected chi connectivity index (χ4v) is 3.45. The van der Waals surface area contributed by atoms with Crippen LogP contribution < -0.4 is 11.1 Å². The van der Waals surface area contributed by atoms with Crippen molar-refractivity contribution in [3.05, 3.63) is 40.1 Å². The summed E-state index contributed by atoms with van der Waals surface area (Å²) in [5.74, 6) is 1.49. The molecule has 0 unspecified atom stereocenters. The molecule has 0 aromatic carbocycles. The molecular weight excluding hydrogens is 272 g/mol. The second kappa shape index (κ2) is 5.76. The van der Waals surface area contributed by atoms with Crippen molar-refractivity contribution >= 4 is 17.2 Å². The average molecular weight is 290 g/mol. The quantitative estimate of drug-likeness (QED) is 0.874. The number of fused-ring (bicyclic) bond motifs is 1. The van der Waals surface area contributed by atoms with Gasteiger partial charge in [-0.1, -0.05) is 0 Å². The number of aromatic nitrogens is 2. The minimum Gasteiger partial charge on any atom is -0.366 e. The lowest BCUT2D eigenvalue weighted by Gasteiger charge is -2.23. The van der Waals surface area contributed by atoms with Crippen LogP contribution in [0.5, 0.6) is 0 Å². The first kappa shape index (κ1) is 13.3. The van der Waals surface area contributed by atoms with E-state index < -0.39 is 0 Å². The maximum Gasteiger partial charge on any atom is 0.249 e. The van der Waals surface area contributed by atoms with Gasteiger partial charge in [-0.15, -0.1) is 11.3 Å². The molecule has 3 rings (SSSR count). The highest BCUT2D eigenvalue weighted by Gasteiger charge is 2.18. The molecule has 2 aromatic rings. The van der Waals surface area contributed by atoms with Crippen molar-refractivity contribution in [2.45, 2.75) is 25.9 Å². The van der Waals surface area contributed by atoms with Crippen LogP contribution in [-0.4, -0.2) is 22.0 Å². The topological polar surface area (TPSA) is 72.9 Å². The molecule has 0 aliphatic carbocycles. The number of imidazole rings is 1. The van der Waals surface area contributed by atoms with Crippen LogP contribution in [0.25, 0.3) is 0 Å². The van der Waals surface area contributed by atoms with Gasteiger partial charge in [-0.2, -0.15) is 0 Å². The van der Waals surface area contributed by atoms with Crippen molar-refractivity contribution in [1.29, 1.82) is 0 Å². The highest BCUT2D eigenvalue weighted by atomic mass is 32.1. The smallest absolute Gasteiger partial charge is 0.249 e. The summed E-state index contributed by atoms with van der Waals surface area (Å²) in [6.07, 6.45) is 6.17. The summed E-state index contributed by atoms with van der Waals surface area (Å²) >= 11 is 1.58. The van der Waals surface area contributed by atoms with E-state index in [1.807, 2.05) is 17.6 Å². The van der Waals surface area contributed by atoms with Crippen molar-refractivity contribution < 1.29 is 4.79 Å². The van der Waals surface area contributed by atoms with E-state index >= 15 is 0 Å². The molecule has 106 valence electrons. The second-order valence-corrected chi connectivity index (χ2v) is 6.19. The normalized spacial score (nSPS) is 17.9. The number of thiophene rings is 1. The lowest BCUT2D eigenvalue weighted by Crippen LogP contribution is -2.29. The molecule has 0 spiro atoms. The third-order valence-electron chi connectivity index (χ3n) is 3.70. The van der Waals surface area contributed by atoms with Crippen LogP contribution >= 0.6 is 11.3 Å². The molecule has 2 aromatic heterocycles. The first-order valence-corrected chi connectivity index (χ1v) is 7.68. The second-order valence-electron chi connectivity index (χ2n) is 5.20. The maximum atomic E-state index is 11.0. The van der Waals surface area contributed by atoms with Gasteiger partial charge in [-0.05, 0) is 18.4 Å². The zero-order valence-corrected chi connectivity index (χ0v) is 12.0. The number of nitrogens with zero attached hydrogens (tertiary/aromatic N) is 2. The molecule has 0 saturated heterocycles. The number of hydrogen-bond donors (Lipinski definition) is 2. The van der Waals surface area contributed by atoms with Gasteiger partial charge in [-0.3, -0.25) is 4.79 Å². The fraction of sp³-hybridized carbons (Fsp3) is 0.429. The monoisotopic (exact) mass is 290 g/mol. The number of hydrogen-bond acceptors (Lipinski definition) is 4. The Labute approximate surface area is 121 Å². The highest BCUT2D eigenvalue weighted by Crippen LogP contribution is 2.18.